The molecular weight excluding hydrogens is 460 g/mol. The smallest absolute Gasteiger partial charge is 0.0639 e. The molecule has 0 N–H and O–H groups in total. The number of hydrogen-bond acceptors (Lipinski definition) is 2. The van der Waals surface area contributed by atoms with Crippen LogP contribution < -0.4 is 0 Å². The summed E-state index contributed by atoms with van der Waals surface area (Å²) in [6.45, 7) is 15.7. The fourth-order valence-electron chi connectivity index (χ4n) is 5.47. The minimum absolute atomic E-state index is 0.883. The monoisotopic (exact) mass is 516 g/mol. The second-order valence-electron chi connectivity index (χ2n) is 11.1. The molecule has 0 heterocycles. The van der Waals surface area contributed by atoms with E-state index in [1.165, 1.54) is 86.5 Å². The van der Waals surface area contributed by atoms with Crippen LogP contribution in [0.2, 0.25) is 0 Å². The van der Waals surface area contributed by atoms with Crippen molar-refractivity contribution in [1.82, 2.24) is 0 Å². The predicted octanol–water partition coefficient (Wildman–Crippen LogP) is 11.4. The summed E-state index contributed by atoms with van der Waals surface area (Å²) in [4.78, 5) is 10.3. The van der Waals surface area contributed by atoms with Gasteiger partial charge in [-0.2, -0.15) is 0 Å². The highest BCUT2D eigenvalue weighted by Gasteiger charge is 2.11. The van der Waals surface area contributed by atoms with Crippen LogP contribution in [0.5, 0.6) is 0 Å². The van der Waals surface area contributed by atoms with Crippen LogP contribution in [-0.2, 0) is 25.7 Å². The van der Waals surface area contributed by atoms with Crippen molar-refractivity contribution in [3.05, 3.63) is 58.1 Å². The molecule has 2 rings (SSSR count). The number of aryl methyl sites for hydroxylation is 4. The minimum atomic E-state index is 0.883. The molecular formula is C36H56N2. The summed E-state index contributed by atoms with van der Waals surface area (Å²) < 4.78 is 0. The van der Waals surface area contributed by atoms with E-state index >= 15 is 0 Å². The lowest BCUT2D eigenvalue weighted by atomic mass is 9.92. The van der Waals surface area contributed by atoms with Gasteiger partial charge < -0.3 is 0 Å². The number of unbranched alkanes of at least 4 members (excludes halogenated alkanes) is 7. The first-order valence-electron chi connectivity index (χ1n) is 15.8. The fraction of sp³-hybridized carbons (Fsp3) is 0.611. The standard InChI is InChI=1S/C36H56N2/c1-8-13-16-17-18-19-20-30-23-28(6)24-33(25-30)38-36(12-5)29(7)37-34-26-31(21-14-9-2)35(11-4)32(27-34)22-15-10-3/h23-27H,8-22H2,1-7H3. The summed E-state index contributed by atoms with van der Waals surface area (Å²) in [5.41, 5.74) is 11.6. The quantitative estimate of drug-likeness (QED) is 0.139. The molecule has 0 atom stereocenters. The van der Waals surface area contributed by atoms with Crippen molar-refractivity contribution in [3.8, 4) is 0 Å². The van der Waals surface area contributed by atoms with Crippen molar-refractivity contribution in [3.63, 3.8) is 0 Å². The van der Waals surface area contributed by atoms with Crippen molar-refractivity contribution in [1.29, 1.82) is 0 Å². The van der Waals surface area contributed by atoms with Gasteiger partial charge >= 0.3 is 0 Å². The molecule has 0 amide bonds. The molecule has 38 heavy (non-hydrogen) atoms. The number of hydrogen-bond donors (Lipinski definition) is 0. The lowest BCUT2D eigenvalue weighted by Gasteiger charge is -2.16. The first kappa shape index (κ1) is 32.0. The van der Waals surface area contributed by atoms with Crippen LogP contribution in [0.3, 0.4) is 0 Å². The molecule has 0 fully saturated rings. The summed E-state index contributed by atoms with van der Waals surface area (Å²) in [5.74, 6) is 0. The first-order chi connectivity index (χ1) is 18.4. The van der Waals surface area contributed by atoms with Gasteiger partial charge in [-0.05, 0) is 117 Å². The van der Waals surface area contributed by atoms with Gasteiger partial charge in [0.15, 0.2) is 0 Å². The second kappa shape index (κ2) is 18.1. The largest absolute Gasteiger partial charge is 0.252 e. The Morgan fingerprint density at radius 1 is 0.605 bits per heavy atom. The molecule has 0 unspecified atom stereocenters. The molecule has 0 saturated heterocycles. The Morgan fingerprint density at radius 2 is 1.18 bits per heavy atom. The van der Waals surface area contributed by atoms with Gasteiger partial charge in [-0.25, -0.2) is 0 Å². The fourth-order valence-corrected chi connectivity index (χ4v) is 5.47. The molecule has 2 aromatic rings. The lowest BCUT2D eigenvalue weighted by Crippen LogP contribution is -2.09. The highest BCUT2D eigenvalue weighted by Crippen LogP contribution is 2.28. The topological polar surface area (TPSA) is 24.7 Å². The summed E-state index contributed by atoms with van der Waals surface area (Å²) in [5, 5.41) is 0. The van der Waals surface area contributed by atoms with E-state index in [0.717, 1.165) is 54.9 Å². The Kier molecular flexibility index (Phi) is 15.3. The number of rotatable bonds is 18. The average Bonchev–Trinajstić information content (AvgIpc) is 2.90. The second-order valence-corrected chi connectivity index (χ2v) is 11.1. The Balaban J connectivity index is 2.30. The summed E-state index contributed by atoms with van der Waals surface area (Å²) in [6.07, 6.45) is 18.4. The molecule has 0 radical (unpaired) electrons. The maximum atomic E-state index is 5.16. The van der Waals surface area contributed by atoms with Gasteiger partial charge in [0.05, 0.1) is 22.8 Å². The molecule has 0 aliphatic rings. The van der Waals surface area contributed by atoms with Crippen molar-refractivity contribution in [2.75, 3.05) is 0 Å². The van der Waals surface area contributed by atoms with Crippen LogP contribution in [-0.4, -0.2) is 11.4 Å². The third kappa shape index (κ3) is 10.9. The number of benzene rings is 2. The van der Waals surface area contributed by atoms with Crippen LogP contribution in [0, 0.1) is 6.92 Å². The van der Waals surface area contributed by atoms with Gasteiger partial charge in [0.25, 0.3) is 0 Å². The lowest BCUT2D eigenvalue weighted by molar-refractivity contribution is 0.607. The molecule has 0 aromatic heterocycles. The van der Waals surface area contributed by atoms with Gasteiger partial charge in [-0.3, -0.25) is 9.98 Å². The summed E-state index contributed by atoms with van der Waals surface area (Å²) in [7, 11) is 0. The minimum Gasteiger partial charge on any atom is -0.252 e. The van der Waals surface area contributed by atoms with Gasteiger partial charge in [-0.1, -0.05) is 85.6 Å². The average molecular weight is 517 g/mol. The molecule has 0 aliphatic carbocycles. The van der Waals surface area contributed by atoms with Crippen molar-refractivity contribution >= 4 is 22.8 Å². The van der Waals surface area contributed by atoms with E-state index in [9.17, 15) is 0 Å². The molecule has 0 aliphatic heterocycles. The first-order valence-corrected chi connectivity index (χ1v) is 15.8. The van der Waals surface area contributed by atoms with Crippen molar-refractivity contribution in [2.24, 2.45) is 9.98 Å². The molecule has 2 heteroatoms. The Labute approximate surface area is 235 Å². The van der Waals surface area contributed by atoms with Crippen molar-refractivity contribution < 1.29 is 0 Å². The summed E-state index contributed by atoms with van der Waals surface area (Å²) >= 11 is 0. The maximum Gasteiger partial charge on any atom is 0.0639 e. The summed E-state index contributed by atoms with van der Waals surface area (Å²) in [6, 6.07) is 11.6. The zero-order valence-corrected chi connectivity index (χ0v) is 25.9. The Morgan fingerprint density at radius 3 is 1.76 bits per heavy atom. The third-order valence-electron chi connectivity index (χ3n) is 7.63. The Bertz CT molecular complexity index is 999. The highest BCUT2D eigenvalue weighted by molar-refractivity contribution is 6.42. The zero-order chi connectivity index (χ0) is 27.8. The van der Waals surface area contributed by atoms with E-state index in [1.54, 1.807) is 5.56 Å². The highest BCUT2D eigenvalue weighted by atomic mass is 14.8. The van der Waals surface area contributed by atoms with Gasteiger partial charge in [-0.15, -0.1) is 0 Å². The zero-order valence-electron chi connectivity index (χ0n) is 25.9. The van der Waals surface area contributed by atoms with Crippen LogP contribution in [0.25, 0.3) is 0 Å². The van der Waals surface area contributed by atoms with Gasteiger partial charge in [0.2, 0.25) is 0 Å². The third-order valence-corrected chi connectivity index (χ3v) is 7.63. The van der Waals surface area contributed by atoms with E-state index in [4.69, 9.17) is 9.98 Å². The van der Waals surface area contributed by atoms with Crippen LogP contribution in [0.15, 0.2) is 40.3 Å². The molecule has 2 aromatic carbocycles. The van der Waals surface area contributed by atoms with Crippen LogP contribution in [0.1, 0.15) is 140 Å². The molecule has 2 nitrogen and oxygen atoms in total. The van der Waals surface area contributed by atoms with Crippen LogP contribution >= 0.6 is 0 Å². The van der Waals surface area contributed by atoms with E-state index in [2.05, 4.69) is 78.8 Å². The van der Waals surface area contributed by atoms with E-state index in [0.29, 0.717) is 0 Å². The van der Waals surface area contributed by atoms with Crippen molar-refractivity contribution in [2.45, 2.75) is 145 Å². The maximum absolute atomic E-state index is 5.16. The van der Waals surface area contributed by atoms with E-state index in [1.807, 2.05) is 0 Å². The predicted molar refractivity (Wildman–Crippen MR) is 171 cm³/mol. The number of nitrogens with zero attached hydrogens (tertiary/aromatic N) is 2. The molecule has 0 saturated carbocycles. The van der Waals surface area contributed by atoms with Gasteiger partial charge in [0, 0.05) is 0 Å². The molecule has 0 bridgehead atoms. The number of aliphatic imine (C=N–C) groups is 2. The van der Waals surface area contributed by atoms with E-state index < -0.39 is 0 Å². The molecule has 210 valence electrons. The van der Waals surface area contributed by atoms with E-state index in [-0.39, 0.29) is 0 Å². The molecule has 0 spiro atoms. The normalized spacial score (nSPS) is 12.4. The van der Waals surface area contributed by atoms with Gasteiger partial charge in [0.1, 0.15) is 0 Å². The Hall–Kier alpha value is -2.22. The SMILES string of the molecule is CCCCCCCCc1cc(C)cc(N=C(CC)C(C)=Nc2cc(CCCC)c(CC)c(CCCC)c2)c1. The van der Waals surface area contributed by atoms with Crippen LogP contribution in [0.4, 0.5) is 11.4 Å².